The lowest BCUT2D eigenvalue weighted by atomic mass is 9.99. The molecule has 2 heteroatoms. The first-order valence-electron chi connectivity index (χ1n) is 6.52. The van der Waals surface area contributed by atoms with Crippen molar-refractivity contribution in [3.63, 3.8) is 0 Å². The molecule has 2 heterocycles. The summed E-state index contributed by atoms with van der Waals surface area (Å²) in [7, 11) is 0. The first-order valence-corrected chi connectivity index (χ1v) is 6.52. The second-order valence-electron chi connectivity index (χ2n) is 4.70. The van der Waals surface area contributed by atoms with Crippen molar-refractivity contribution in [2.75, 3.05) is 0 Å². The molecular formula is C18H12O2. The molecular weight excluding hydrogens is 248 g/mol. The van der Waals surface area contributed by atoms with E-state index in [2.05, 4.69) is 30.3 Å². The van der Waals surface area contributed by atoms with Crippen LogP contribution in [0.15, 0.2) is 82.2 Å². The molecule has 0 unspecified atom stereocenters. The molecule has 0 N–H and O–H groups in total. The average molecular weight is 260 g/mol. The van der Waals surface area contributed by atoms with E-state index in [1.165, 1.54) is 10.8 Å². The van der Waals surface area contributed by atoms with Crippen molar-refractivity contribution in [1.82, 2.24) is 0 Å². The molecule has 0 atom stereocenters. The fraction of sp³-hybridized carbons (Fsp3) is 0. The van der Waals surface area contributed by atoms with Crippen LogP contribution >= 0.6 is 0 Å². The lowest BCUT2D eigenvalue weighted by molar-refractivity contribution is 0.567. The van der Waals surface area contributed by atoms with E-state index in [1.54, 1.807) is 18.8 Å². The van der Waals surface area contributed by atoms with Crippen molar-refractivity contribution < 1.29 is 8.83 Å². The van der Waals surface area contributed by atoms with Gasteiger partial charge in [0.1, 0.15) is 5.76 Å². The summed E-state index contributed by atoms with van der Waals surface area (Å²) in [5.74, 6) is 0.878. The predicted octanol–water partition coefficient (Wildman–Crippen LogP) is 5.36. The maximum Gasteiger partial charge on any atom is 0.142 e. The molecule has 2 aromatic carbocycles. The SMILES string of the molecule is c1ccc2c(-c3occc3-c3ccoc3)cccc2c1. The summed E-state index contributed by atoms with van der Waals surface area (Å²) in [6, 6.07) is 18.5. The van der Waals surface area contributed by atoms with E-state index in [9.17, 15) is 0 Å². The van der Waals surface area contributed by atoms with Gasteiger partial charge in [-0.2, -0.15) is 0 Å². The van der Waals surface area contributed by atoms with Gasteiger partial charge < -0.3 is 8.83 Å². The van der Waals surface area contributed by atoms with Crippen LogP contribution in [0.1, 0.15) is 0 Å². The molecule has 0 aliphatic heterocycles. The molecule has 0 saturated carbocycles. The first-order chi connectivity index (χ1) is 9.93. The third kappa shape index (κ3) is 1.66. The molecule has 0 aliphatic carbocycles. The normalized spacial score (nSPS) is 11.0. The van der Waals surface area contributed by atoms with E-state index in [-0.39, 0.29) is 0 Å². The Morgan fingerprint density at radius 1 is 0.700 bits per heavy atom. The Hall–Kier alpha value is -2.74. The molecule has 96 valence electrons. The first kappa shape index (κ1) is 11.1. The minimum absolute atomic E-state index is 0.878. The molecule has 2 aromatic heterocycles. The minimum Gasteiger partial charge on any atom is -0.472 e. The van der Waals surface area contributed by atoms with E-state index < -0.39 is 0 Å². The van der Waals surface area contributed by atoms with Crippen molar-refractivity contribution in [1.29, 1.82) is 0 Å². The predicted molar refractivity (Wildman–Crippen MR) is 79.4 cm³/mol. The zero-order valence-corrected chi connectivity index (χ0v) is 10.7. The van der Waals surface area contributed by atoms with Crippen LogP contribution < -0.4 is 0 Å². The van der Waals surface area contributed by atoms with Crippen molar-refractivity contribution in [2.45, 2.75) is 0 Å². The summed E-state index contributed by atoms with van der Waals surface area (Å²) in [6.45, 7) is 0. The Balaban J connectivity index is 1.99. The van der Waals surface area contributed by atoms with Crippen LogP contribution in [0.5, 0.6) is 0 Å². The largest absolute Gasteiger partial charge is 0.472 e. The van der Waals surface area contributed by atoms with Crippen molar-refractivity contribution in [2.24, 2.45) is 0 Å². The monoisotopic (exact) mass is 260 g/mol. The van der Waals surface area contributed by atoms with Gasteiger partial charge in [-0.05, 0) is 22.9 Å². The third-order valence-corrected chi connectivity index (χ3v) is 3.53. The topological polar surface area (TPSA) is 26.3 Å². The summed E-state index contributed by atoms with van der Waals surface area (Å²) in [5.41, 5.74) is 3.18. The molecule has 0 amide bonds. The lowest BCUT2D eigenvalue weighted by Gasteiger charge is -2.05. The highest BCUT2D eigenvalue weighted by molar-refractivity contribution is 5.98. The molecule has 0 fully saturated rings. The molecule has 0 saturated heterocycles. The van der Waals surface area contributed by atoms with Gasteiger partial charge >= 0.3 is 0 Å². The lowest BCUT2D eigenvalue weighted by Crippen LogP contribution is -1.81. The second kappa shape index (κ2) is 4.42. The van der Waals surface area contributed by atoms with Gasteiger partial charge in [0.05, 0.1) is 18.8 Å². The highest BCUT2D eigenvalue weighted by Gasteiger charge is 2.14. The highest BCUT2D eigenvalue weighted by atomic mass is 16.3. The Morgan fingerprint density at radius 3 is 2.50 bits per heavy atom. The maximum atomic E-state index is 5.74. The van der Waals surface area contributed by atoms with E-state index in [1.807, 2.05) is 24.3 Å². The zero-order valence-electron chi connectivity index (χ0n) is 10.7. The summed E-state index contributed by atoms with van der Waals surface area (Å²) in [6.07, 6.45) is 5.13. The number of hydrogen-bond donors (Lipinski definition) is 0. The molecule has 0 bridgehead atoms. The Morgan fingerprint density at radius 2 is 1.60 bits per heavy atom. The summed E-state index contributed by atoms with van der Waals surface area (Å²) < 4.78 is 10.9. The highest BCUT2D eigenvalue weighted by Crippen LogP contribution is 2.36. The summed E-state index contributed by atoms with van der Waals surface area (Å²) in [4.78, 5) is 0. The van der Waals surface area contributed by atoms with Gasteiger partial charge in [0.15, 0.2) is 0 Å². The average Bonchev–Trinajstić information content (AvgIpc) is 3.17. The number of rotatable bonds is 2. The fourth-order valence-electron chi connectivity index (χ4n) is 2.59. The third-order valence-electron chi connectivity index (χ3n) is 3.53. The Labute approximate surface area is 116 Å². The van der Waals surface area contributed by atoms with Crippen LogP contribution in [0.4, 0.5) is 0 Å². The van der Waals surface area contributed by atoms with E-state index in [0.29, 0.717) is 0 Å². The van der Waals surface area contributed by atoms with Gasteiger partial charge in [-0.1, -0.05) is 42.5 Å². The van der Waals surface area contributed by atoms with Crippen LogP contribution in [-0.4, -0.2) is 0 Å². The summed E-state index contributed by atoms with van der Waals surface area (Å²) in [5, 5.41) is 2.40. The van der Waals surface area contributed by atoms with Gasteiger partial charge in [0.25, 0.3) is 0 Å². The number of benzene rings is 2. The smallest absolute Gasteiger partial charge is 0.142 e. The van der Waals surface area contributed by atoms with Gasteiger partial charge in [-0.3, -0.25) is 0 Å². The zero-order chi connectivity index (χ0) is 13.4. The molecule has 0 radical (unpaired) electrons. The molecule has 2 nitrogen and oxygen atoms in total. The number of fused-ring (bicyclic) bond motifs is 1. The van der Waals surface area contributed by atoms with Crippen molar-refractivity contribution in [3.8, 4) is 22.5 Å². The molecule has 20 heavy (non-hydrogen) atoms. The standard InChI is InChI=1S/C18H12O2/c1-2-6-15-13(4-1)5-3-7-17(15)18-16(9-11-20-18)14-8-10-19-12-14/h1-12H. The molecule has 4 aromatic rings. The summed E-state index contributed by atoms with van der Waals surface area (Å²) >= 11 is 0. The van der Waals surface area contributed by atoms with Crippen LogP contribution in [-0.2, 0) is 0 Å². The number of furan rings is 2. The maximum absolute atomic E-state index is 5.74. The van der Waals surface area contributed by atoms with E-state index in [0.717, 1.165) is 22.5 Å². The Bertz CT molecular complexity index is 849. The van der Waals surface area contributed by atoms with Crippen LogP contribution in [0.25, 0.3) is 33.2 Å². The van der Waals surface area contributed by atoms with Crippen molar-refractivity contribution in [3.05, 3.63) is 73.4 Å². The molecule has 4 rings (SSSR count). The van der Waals surface area contributed by atoms with E-state index >= 15 is 0 Å². The second-order valence-corrected chi connectivity index (χ2v) is 4.70. The van der Waals surface area contributed by atoms with Crippen LogP contribution in [0.3, 0.4) is 0 Å². The van der Waals surface area contributed by atoms with Crippen LogP contribution in [0.2, 0.25) is 0 Å². The van der Waals surface area contributed by atoms with Crippen LogP contribution in [0, 0.1) is 0 Å². The van der Waals surface area contributed by atoms with Gasteiger partial charge in [-0.25, -0.2) is 0 Å². The van der Waals surface area contributed by atoms with Crippen molar-refractivity contribution >= 4 is 10.8 Å². The Kier molecular flexibility index (Phi) is 2.46. The number of hydrogen-bond acceptors (Lipinski definition) is 2. The minimum atomic E-state index is 0.878. The van der Waals surface area contributed by atoms with E-state index in [4.69, 9.17) is 8.83 Å². The molecule has 0 aliphatic rings. The van der Waals surface area contributed by atoms with Gasteiger partial charge in [0.2, 0.25) is 0 Å². The van der Waals surface area contributed by atoms with Gasteiger partial charge in [0, 0.05) is 16.7 Å². The van der Waals surface area contributed by atoms with Gasteiger partial charge in [-0.15, -0.1) is 0 Å². The fourth-order valence-corrected chi connectivity index (χ4v) is 2.59. The molecule has 0 spiro atoms. The quantitative estimate of drug-likeness (QED) is 0.485.